The van der Waals surface area contributed by atoms with E-state index in [-0.39, 0.29) is 29.0 Å². The third-order valence-corrected chi connectivity index (χ3v) is 4.35. The number of hydrogen-bond acceptors (Lipinski definition) is 5. The Bertz CT molecular complexity index is 569. The number of nitrogens with two attached hydrogens (primary N) is 1. The van der Waals surface area contributed by atoms with Gasteiger partial charge in [-0.25, -0.2) is 17.9 Å². The largest absolute Gasteiger partial charge is 0.465 e. The highest BCUT2D eigenvalue weighted by molar-refractivity contribution is 7.89. The number of sulfonamides is 1. The summed E-state index contributed by atoms with van der Waals surface area (Å²) in [6.45, 7) is 3.97. The van der Waals surface area contributed by atoms with Gasteiger partial charge >= 0.3 is 5.97 Å². The number of carbonyl (C=O) groups is 1. The Morgan fingerprint density at radius 1 is 1.40 bits per heavy atom. The van der Waals surface area contributed by atoms with Crippen molar-refractivity contribution in [2.24, 2.45) is 11.7 Å². The van der Waals surface area contributed by atoms with Crippen LogP contribution in [0.1, 0.15) is 24.2 Å². The van der Waals surface area contributed by atoms with Gasteiger partial charge in [0, 0.05) is 12.6 Å². The van der Waals surface area contributed by atoms with Crippen LogP contribution in [0.25, 0.3) is 0 Å². The van der Waals surface area contributed by atoms with Crippen molar-refractivity contribution >= 4 is 16.0 Å². The zero-order valence-corrected chi connectivity index (χ0v) is 12.6. The van der Waals surface area contributed by atoms with Gasteiger partial charge in [-0.2, -0.15) is 0 Å². The first-order valence-electron chi connectivity index (χ1n) is 6.21. The minimum absolute atomic E-state index is 0.0105. The van der Waals surface area contributed by atoms with Gasteiger partial charge in [0.25, 0.3) is 0 Å². The maximum absolute atomic E-state index is 12.1. The second-order valence-corrected chi connectivity index (χ2v) is 6.55. The second kappa shape index (κ2) is 6.83. The molecule has 0 aliphatic carbocycles. The number of rotatable bonds is 6. The molecule has 0 saturated heterocycles. The van der Waals surface area contributed by atoms with Gasteiger partial charge in [-0.15, -0.1) is 0 Å². The van der Waals surface area contributed by atoms with Crippen LogP contribution in [0, 0.1) is 5.92 Å². The molecule has 0 radical (unpaired) electrons. The fourth-order valence-electron chi connectivity index (χ4n) is 1.43. The summed E-state index contributed by atoms with van der Waals surface area (Å²) in [5.41, 5.74) is 5.98. The Morgan fingerprint density at radius 2 is 2.05 bits per heavy atom. The van der Waals surface area contributed by atoms with Gasteiger partial charge in [-0.05, 0) is 24.1 Å². The molecule has 1 aromatic rings. The lowest BCUT2D eigenvalue weighted by Crippen LogP contribution is -2.40. The van der Waals surface area contributed by atoms with E-state index in [0.29, 0.717) is 0 Å². The summed E-state index contributed by atoms with van der Waals surface area (Å²) in [4.78, 5) is 11.4. The topological polar surface area (TPSA) is 98.5 Å². The normalized spacial score (nSPS) is 13.2. The van der Waals surface area contributed by atoms with Crippen molar-refractivity contribution < 1.29 is 17.9 Å². The van der Waals surface area contributed by atoms with Crippen LogP contribution in [0.2, 0.25) is 0 Å². The van der Waals surface area contributed by atoms with Gasteiger partial charge in [0.2, 0.25) is 10.0 Å². The molecule has 3 N–H and O–H groups in total. The van der Waals surface area contributed by atoms with E-state index in [1.165, 1.54) is 31.4 Å². The van der Waals surface area contributed by atoms with E-state index < -0.39 is 16.0 Å². The molecule has 0 bridgehead atoms. The summed E-state index contributed by atoms with van der Waals surface area (Å²) >= 11 is 0. The van der Waals surface area contributed by atoms with Crippen LogP contribution >= 0.6 is 0 Å². The third-order valence-electron chi connectivity index (χ3n) is 2.93. The number of methoxy groups -OCH3 is 1. The molecule has 1 rings (SSSR count). The molecule has 112 valence electrons. The Kier molecular flexibility index (Phi) is 5.67. The molecule has 1 unspecified atom stereocenters. The maximum Gasteiger partial charge on any atom is 0.337 e. The molecule has 7 heteroatoms. The monoisotopic (exact) mass is 300 g/mol. The summed E-state index contributed by atoms with van der Waals surface area (Å²) in [5, 5.41) is 0. The molecule has 0 saturated carbocycles. The summed E-state index contributed by atoms with van der Waals surface area (Å²) in [6.07, 6.45) is 0. The molecule has 0 fully saturated rings. The van der Waals surface area contributed by atoms with Crippen LogP contribution in [-0.4, -0.2) is 34.1 Å². The van der Waals surface area contributed by atoms with Crippen LogP contribution in [0.4, 0.5) is 0 Å². The number of nitrogens with one attached hydrogen (secondary N) is 1. The number of benzene rings is 1. The number of hydrogen-bond donors (Lipinski definition) is 2. The lowest BCUT2D eigenvalue weighted by molar-refractivity contribution is 0.0600. The van der Waals surface area contributed by atoms with Gasteiger partial charge < -0.3 is 10.5 Å². The predicted octanol–water partition coefficient (Wildman–Crippen LogP) is 0.735. The quantitative estimate of drug-likeness (QED) is 0.755. The summed E-state index contributed by atoms with van der Waals surface area (Å²) in [5.74, 6) is -0.417. The fourth-order valence-corrected chi connectivity index (χ4v) is 2.55. The Morgan fingerprint density at radius 3 is 2.60 bits per heavy atom. The molecule has 1 atom stereocenters. The van der Waals surface area contributed by atoms with Gasteiger partial charge in [0.05, 0.1) is 17.6 Å². The SMILES string of the molecule is COC(=O)c1cccc(S(=O)(=O)NCC(N)C(C)C)c1. The second-order valence-electron chi connectivity index (χ2n) is 4.78. The van der Waals surface area contributed by atoms with Crippen molar-refractivity contribution in [3.05, 3.63) is 29.8 Å². The van der Waals surface area contributed by atoms with E-state index >= 15 is 0 Å². The maximum atomic E-state index is 12.1. The molecular formula is C13H20N2O4S. The van der Waals surface area contributed by atoms with Crippen molar-refractivity contribution in [3.63, 3.8) is 0 Å². The van der Waals surface area contributed by atoms with Gasteiger partial charge in [0.1, 0.15) is 0 Å². The smallest absolute Gasteiger partial charge is 0.337 e. The standard InChI is InChI=1S/C13H20N2O4S/c1-9(2)12(14)8-15-20(17,18)11-6-4-5-10(7-11)13(16)19-3/h4-7,9,12,15H,8,14H2,1-3H3. The molecular weight excluding hydrogens is 280 g/mol. The minimum atomic E-state index is -3.69. The molecule has 0 heterocycles. The lowest BCUT2D eigenvalue weighted by Gasteiger charge is -2.16. The molecule has 20 heavy (non-hydrogen) atoms. The lowest BCUT2D eigenvalue weighted by atomic mass is 10.1. The van der Waals surface area contributed by atoms with Crippen LogP contribution in [0.5, 0.6) is 0 Å². The minimum Gasteiger partial charge on any atom is -0.465 e. The van der Waals surface area contributed by atoms with E-state index in [0.717, 1.165) is 0 Å². The zero-order valence-electron chi connectivity index (χ0n) is 11.8. The first-order chi connectivity index (χ1) is 9.27. The van der Waals surface area contributed by atoms with Crippen molar-refractivity contribution in [3.8, 4) is 0 Å². The number of esters is 1. The van der Waals surface area contributed by atoms with E-state index in [4.69, 9.17) is 5.73 Å². The van der Waals surface area contributed by atoms with Gasteiger partial charge in [-0.1, -0.05) is 19.9 Å². The Labute approximate surface area is 119 Å². The summed E-state index contributed by atoms with van der Waals surface area (Å²) in [7, 11) is -2.45. The highest BCUT2D eigenvalue weighted by atomic mass is 32.2. The molecule has 1 aromatic carbocycles. The fraction of sp³-hybridized carbons (Fsp3) is 0.462. The van der Waals surface area contributed by atoms with E-state index in [2.05, 4.69) is 9.46 Å². The third kappa shape index (κ3) is 4.29. The predicted molar refractivity (Wildman–Crippen MR) is 75.8 cm³/mol. The Balaban J connectivity index is 2.90. The first kappa shape index (κ1) is 16.6. The van der Waals surface area contributed by atoms with Crippen LogP contribution in [0.3, 0.4) is 0 Å². The van der Waals surface area contributed by atoms with Crippen molar-refractivity contribution in [2.75, 3.05) is 13.7 Å². The van der Waals surface area contributed by atoms with Crippen LogP contribution in [0.15, 0.2) is 29.2 Å². The Hall–Kier alpha value is -1.44. The van der Waals surface area contributed by atoms with Gasteiger partial charge in [-0.3, -0.25) is 0 Å². The molecule has 6 nitrogen and oxygen atoms in total. The van der Waals surface area contributed by atoms with Crippen molar-refractivity contribution in [1.29, 1.82) is 0 Å². The molecule has 0 spiro atoms. The van der Waals surface area contributed by atoms with E-state index in [1.54, 1.807) is 0 Å². The van der Waals surface area contributed by atoms with Crippen LogP contribution in [-0.2, 0) is 14.8 Å². The molecule has 0 aliphatic heterocycles. The average molecular weight is 300 g/mol. The zero-order chi connectivity index (χ0) is 15.3. The van der Waals surface area contributed by atoms with Crippen molar-refractivity contribution in [1.82, 2.24) is 4.72 Å². The van der Waals surface area contributed by atoms with Gasteiger partial charge in [0.15, 0.2) is 0 Å². The molecule has 0 amide bonds. The van der Waals surface area contributed by atoms with E-state index in [9.17, 15) is 13.2 Å². The van der Waals surface area contributed by atoms with Crippen LogP contribution < -0.4 is 10.5 Å². The summed E-state index contributed by atoms with van der Waals surface area (Å²) in [6, 6.07) is 5.40. The first-order valence-corrected chi connectivity index (χ1v) is 7.70. The molecule has 0 aliphatic rings. The average Bonchev–Trinajstić information content (AvgIpc) is 2.43. The number of ether oxygens (including phenoxy) is 1. The number of carbonyl (C=O) groups excluding carboxylic acids is 1. The highest BCUT2D eigenvalue weighted by Crippen LogP contribution is 2.12. The van der Waals surface area contributed by atoms with Crippen molar-refractivity contribution in [2.45, 2.75) is 24.8 Å². The molecule has 0 aromatic heterocycles. The van der Waals surface area contributed by atoms with E-state index in [1.807, 2.05) is 13.8 Å². The summed E-state index contributed by atoms with van der Waals surface area (Å²) < 4.78 is 31.2. The highest BCUT2D eigenvalue weighted by Gasteiger charge is 2.18.